The molecule has 0 aliphatic heterocycles. The van der Waals surface area contributed by atoms with E-state index in [9.17, 15) is 9.59 Å². The molecule has 6 heteroatoms. The molecule has 1 aromatic heterocycles. The maximum Gasteiger partial charge on any atom is 0.305 e. The van der Waals surface area contributed by atoms with Gasteiger partial charge in [0.1, 0.15) is 5.75 Å². The molecule has 0 aliphatic carbocycles. The van der Waals surface area contributed by atoms with Crippen molar-refractivity contribution in [2.45, 2.75) is 45.6 Å². The first-order valence-corrected chi connectivity index (χ1v) is 8.11. The standard InChI is InChI=1S/C18H24N2O4/c1-4-5-12(8-18(22)23)20-17(21)10-14-11(2)19-16-7-6-13(24-3)9-15(14)16/h6-7,9,12,19H,4-5,8,10H2,1-3H3,(H,20,21)(H,22,23). The van der Waals surface area contributed by atoms with Gasteiger partial charge in [0.15, 0.2) is 0 Å². The Morgan fingerprint density at radius 3 is 2.75 bits per heavy atom. The van der Waals surface area contributed by atoms with Crippen LogP contribution in [0.25, 0.3) is 10.9 Å². The molecule has 0 aliphatic rings. The molecule has 2 aromatic rings. The minimum atomic E-state index is -0.901. The zero-order chi connectivity index (χ0) is 17.7. The second kappa shape index (κ2) is 7.86. The number of rotatable bonds is 8. The third kappa shape index (κ3) is 4.28. The molecule has 0 fully saturated rings. The van der Waals surface area contributed by atoms with Gasteiger partial charge in [-0.15, -0.1) is 0 Å². The van der Waals surface area contributed by atoms with Crippen LogP contribution in [-0.2, 0) is 16.0 Å². The zero-order valence-electron chi connectivity index (χ0n) is 14.3. The van der Waals surface area contributed by atoms with Crippen molar-refractivity contribution < 1.29 is 19.4 Å². The number of methoxy groups -OCH3 is 1. The number of carbonyl (C=O) groups is 2. The Balaban J connectivity index is 2.17. The number of H-pyrrole nitrogens is 1. The molecular formula is C18H24N2O4. The number of carboxylic acid groups (broad SMARTS) is 1. The van der Waals surface area contributed by atoms with Crippen molar-refractivity contribution in [3.63, 3.8) is 0 Å². The third-order valence-electron chi connectivity index (χ3n) is 4.09. The molecule has 0 radical (unpaired) electrons. The molecule has 0 spiro atoms. The van der Waals surface area contributed by atoms with E-state index in [1.807, 2.05) is 32.0 Å². The number of benzene rings is 1. The van der Waals surface area contributed by atoms with E-state index >= 15 is 0 Å². The molecule has 1 aromatic carbocycles. The van der Waals surface area contributed by atoms with E-state index in [2.05, 4.69) is 10.3 Å². The summed E-state index contributed by atoms with van der Waals surface area (Å²) in [6.07, 6.45) is 1.62. The summed E-state index contributed by atoms with van der Waals surface area (Å²) in [6, 6.07) is 5.36. The van der Waals surface area contributed by atoms with Crippen molar-refractivity contribution in [3.05, 3.63) is 29.5 Å². The van der Waals surface area contributed by atoms with Crippen LogP contribution in [0.1, 0.15) is 37.4 Å². The van der Waals surface area contributed by atoms with Crippen LogP contribution < -0.4 is 10.1 Å². The predicted octanol–water partition coefficient (Wildman–Crippen LogP) is 2.79. The monoisotopic (exact) mass is 332 g/mol. The van der Waals surface area contributed by atoms with Gasteiger partial charge in [0.25, 0.3) is 0 Å². The lowest BCUT2D eigenvalue weighted by atomic mass is 10.1. The Kier molecular flexibility index (Phi) is 5.84. The van der Waals surface area contributed by atoms with Crippen LogP contribution >= 0.6 is 0 Å². The van der Waals surface area contributed by atoms with E-state index in [0.717, 1.165) is 34.3 Å². The van der Waals surface area contributed by atoms with Gasteiger partial charge in [-0.05, 0) is 37.1 Å². The second-order valence-electron chi connectivity index (χ2n) is 5.97. The summed E-state index contributed by atoms with van der Waals surface area (Å²) in [5, 5.41) is 12.7. The van der Waals surface area contributed by atoms with E-state index in [-0.39, 0.29) is 24.8 Å². The van der Waals surface area contributed by atoms with Crippen LogP contribution in [0.5, 0.6) is 5.75 Å². The molecule has 1 atom stereocenters. The molecule has 2 rings (SSSR count). The fraction of sp³-hybridized carbons (Fsp3) is 0.444. The van der Waals surface area contributed by atoms with Crippen LogP contribution in [0.15, 0.2) is 18.2 Å². The summed E-state index contributed by atoms with van der Waals surface area (Å²) in [4.78, 5) is 26.6. The highest BCUT2D eigenvalue weighted by molar-refractivity contribution is 5.91. The second-order valence-corrected chi connectivity index (χ2v) is 5.97. The van der Waals surface area contributed by atoms with E-state index in [1.165, 1.54) is 0 Å². The first kappa shape index (κ1) is 17.8. The van der Waals surface area contributed by atoms with Gasteiger partial charge in [-0.1, -0.05) is 13.3 Å². The number of carbonyl (C=O) groups excluding carboxylic acids is 1. The number of aliphatic carboxylic acids is 1. The van der Waals surface area contributed by atoms with Gasteiger partial charge in [-0.2, -0.15) is 0 Å². The van der Waals surface area contributed by atoms with Crippen LogP contribution in [0.4, 0.5) is 0 Å². The van der Waals surface area contributed by atoms with E-state index < -0.39 is 5.97 Å². The number of ether oxygens (including phenoxy) is 1. The summed E-state index contributed by atoms with van der Waals surface area (Å²) in [6.45, 7) is 3.90. The SMILES string of the molecule is CCCC(CC(=O)O)NC(=O)Cc1c(C)[nH]c2ccc(OC)cc12. The van der Waals surface area contributed by atoms with Gasteiger partial charge in [-0.3, -0.25) is 9.59 Å². The molecule has 1 unspecified atom stereocenters. The van der Waals surface area contributed by atoms with Gasteiger partial charge >= 0.3 is 5.97 Å². The molecule has 1 heterocycles. The van der Waals surface area contributed by atoms with Crippen LogP contribution in [-0.4, -0.2) is 35.1 Å². The number of aromatic amines is 1. The molecule has 0 bridgehead atoms. The normalized spacial score (nSPS) is 12.1. The van der Waals surface area contributed by atoms with Gasteiger partial charge < -0.3 is 20.1 Å². The number of hydrogen-bond donors (Lipinski definition) is 3. The Morgan fingerprint density at radius 1 is 1.38 bits per heavy atom. The summed E-state index contributed by atoms with van der Waals surface area (Å²) < 4.78 is 5.25. The minimum Gasteiger partial charge on any atom is -0.497 e. The first-order valence-electron chi connectivity index (χ1n) is 8.11. The summed E-state index contributed by atoms with van der Waals surface area (Å²) in [7, 11) is 1.61. The van der Waals surface area contributed by atoms with Crippen molar-refractivity contribution in [3.8, 4) is 5.75 Å². The van der Waals surface area contributed by atoms with Crippen molar-refractivity contribution in [2.75, 3.05) is 7.11 Å². The van der Waals surface area contributed by atoms with E-state index in [4.69, 9.17) is 9.84 Å². The van der Waals surface area contributed by atoms with Crippen molar-refractivity contribution >= 4 is 22.8 Å². The minimum absolute atomic E-state index is 0.0553. The molecule has 24 heavy (non-hydrogen) atoms. The predicted molar refractivity (Wildman–Crippen MR) is 92.4 cm³/mol. The summed E-state index contributed by atoms with van der Waals surface area (Å²) in [5.74, 6) is -0.332. The lowest BCUT2D eigenvalue weighted by molar-refractivity contribution is -0.137. The average Bonchev–Trinajstić information content (AvgIpc) is 2.82. The van der Waals surface area contributed by atoms with Crippen molar-refractivity contribution in [2.24, 2.45) is 0 Å². The van der Waals surface area contributed by atoms with Gasteiger partial charge in [0, 0.05) is 22.6 Å². The Hall–Kier alpha value is -2.50. The Bertz CT molecular complexity index is 736. The van der Waals surface area contributed by atoms with Crippen molar-refractivity contribution in [1.82, 2.24) is 10.3 Å². The number of aryl methyl sites for hydroxylation is 1. The fourth-order valence-electron chi connectivity index (χ4n) is 2.94. The first-order chi connectivity index (χ1) is 11.4. The lowest BCUT2D eigenvalue weighted by Crippen LogP contribution is -2.37. The average molecular weight is 332 g/mol. The number of nitrogens with one attached hydrogen (secondary N) is 2. The van der Waals surface area contributed by atoms with Crippen LogP contribution in [0.3, 0.4) is 0 Å². The largest absolute Gasteiger partial charge is 0.497 e. The van der Waals surface area contributed by atoms with Crippen molar-refractivity contribution in [1.29, 1.82) is 0 Å². The zero-order valence-corrected chi connectivity index (χ0v) is 14.3. The van der Waals surface area contributed by atoms with E-state index in [0.29, 0.717) is 6.42 Å². The Morgan fingerprint density at radius 2 is 2.12 bits per heavy atom. The van der Waals surface area contributed by atoms with Crippen LogP contribution in [0.2, 0.25) is 0 Å². The fourth-order valence-corrected chi connectivity index (χ4v) is 2.94. The maximum absolute atomic E-state index is 12.4. The lowest BCUT2D eigenvalue weighted by Gasteiger charge is -2.16. The number of hydrogen-bond acceptors (Lipinski definition) is 3. The van der Waals surface area contributed by atoms with E-state index in [1.54, 1.807) is 7.11 Å². The number of aromatic nitrogens is 1. The third-order valence-corrected chi connectivity index (χ3v) is 4.09. The number of fused-ring (bicyclic) bond motifs is 1. The Labute approximate surface area is 141 Å². The maximum atomic E-state index is 12.4. The molecule has 1 amide bonds. The molecular weight excluding hydrogens is 308 g/mol. The molecule has 130 valence electrons. The highest BCUT2D eigenvalue weighted by atomic mass is 16.5. The van der Waals surface area contributed by atoms with Crippen LogP contribution in [0, 0.1) is 6.92 Å². The van der Waals surface area contributed by atoms with Gasteiger partial charge in [0.2, 0.25) is 5.91 Å². The smallest absolute Gasteiger partial charge is 0.305 e. The number of amides is 1. The molecule has 0 saturated heterocycles. The topological polar surface area (TPSA) is 91.4 Å². The van der Waals surface area contributed by atoms with Gasteiger partial charge in [-0.25, -0.2) is 0 Å². The quantitative estimate of drug-likeness (QED) is 0.693. The summed E-state index contributed by atoms with van der Waals surface area (Å²) >= 11 is 0. The summed E-state index contributed by atoms with van der Waals surface area (Å²) in [5.41, 5.74) is 2.79. The highest BCUT2D eigenvalue weighted by Gasteiger charge is 2.18. The highest BCUT2D eigenvalue weighted by Crippen LogP contribution is 2.26. The number of carboxylic acids is 1. The van der Waals surface area contributed by atoms with Gasteiger partial charge in [0.05, 0.1) is 20.0 Å². The molecule has 3 N–H and O–H groups in total. The molecule has 6 nitrogen and oxygen atoms in total. The molecule has 0 saturated carbocycles.